The van der Waals surface area contributed by atoms with E-state index in [4.69, 9.17) is 16.3 Å². The molecule has 0 aliphatic heterocycles. The molecule has 0 fully saturated rings. The number of hydrogen-bond acceptors (Lipinski definition) is 4. The molecule has 0 aliphatic carbocycles. The van der Waals surface area contributed by atoms with E-state index in [0.717, 1.165) is 40.6 Å². The Labute approximate surface area is 176 Å². The van der Waals surface area contributed by atoms with Crippen LogP contribution in [0.5, 0.6) is 5.75 Å². The minimum atomic E-state index is -0.174. The van der Waals surface area contributed by atoms with Crippen molar-refractivity contribution in [2.45, 2.75) is 44.4 Å². The Morgan fingerprint density at radius 3 is 2.68 bits per heavy atom. The molecule has 0 saturated heterocycles. The lowest BCUT2D eigenvalue weighted by molar-refractivity contribution is -0.120. The monoisotopic (exact) mass is 418 g/mol. The summed E-state index contributed by atoms with van der Waals surface area (Å²) in [5.74, 6) is 1.61. The van der Waals surface area contributed by atoms with Crippen molar-refractivity contribution in [1.29, 1.82) is 0 Å². The number of amides is 1. The number of thioether (sulfide) groups is 1. The second-order valence-electron chi connectivity index (χ2n) is 6.28. The van der Waals surface area contributed by atoms with Crippen molar-refractivity contribution < 1.29 is 9.53 Å². The summed E-state index contributed by atoms with van der Waals surface area (Å²) in [6.07, 6.45) is 5.29. The van der Waals surface area contributed by atoms with E-state index >= 15 is 0 Å². The lowest BCUT2D eigenvalue weighted by atomic mass is 10.1. The largest absolute Gasteiger partial charge is 0.494 e. The number of ether oxygens (including phenoxy) is 1. The number of carbonyl (C=O) groups is 1. The van der Waals surface area contributed by atoms with Crippen molar-refractivity contribution >= 4 is 35.5 Å². The van der Waals surface area contributed by atoms with Gasteiger partial charge in [0, 0.05) is 9.92 Å². The average molecular weight is 419 g/mol. The van der Waals surface area contributed by atoms with E-state index in [-0.39, 0.29) is 12.3 Å². The summed E-state index contributed by atoms with van der Waals surface area (Å²) in [5.41, 5.74) is 4.39. The molecule has 0 spiro atoms. The maximum atomic E-state index is 12.2. The van der Waals surface area contributed by atoms with Gasteiger partial charge in [0.25, 0.3) is 0 Å². The summed E-state index contributed by atoms with van der Waals surface area (Å²) >= 11 is 7.76. The van der Waals surface area contributed by atoms with Crippen LogP contribution in [0.3, 0.4) is 0 Å². The molecule has 150 valence electrons. The number of rotatable bonds is 11. The predicted molar refractivity (Wildman–Crippen MR) is 119 cm³/mol. The molecule has 2 aromatic carbocycles. The molecule has 1 N–H and O–H groups in total. The van der Waals surface area contributed by atoms with E-state index in [1.807, 2.05) is 42.5 Å². The van der Waals surface area contributed by atoms with Crippen LogP contribution >= 0.6 is 23.4 Å². The van der Waals surface area contributed by atoms with Crippen LogP contribution in [0.25, 0.3) is 0 Å². The van der Waals surface area contributed by atoms with E-state index in [1.165, 1.54) is 12.8 Å². The molecule has 0 heterocycles. The maximum Gasteiger partial charge on any atom is 0.244 e. The molecule has 0 atom stereocenters. The van der Waals surface area contributed by atoms with Gasteiger partial charge in [-0.1, -0.05) is 38.3 Å². The standard InChI is InChI=1S/C22H27ClN2O2S/c1-3-5-6-13-27-20-10-7-17(8-11-20)16-24-25-22(26)15-18-14-19(23)9-12-21(18)28-4-2/h7-12,14,16H,3-6,13,15H2,1-2H3,(H,25,26)/b24-16-. The fourth-order valence-electron chi connectivity index (χ4n) is 2.57. The highest BCUT2D eigenvalue weighted by Crippen LogP contribution is 2.26. The highest BCUT2D eigenvalue weighted by molar-refractivity contribution is 7.99. The molecule has 1 amide bonds. The summed E-state index contributed by atoms with van der Waals surface area (Å²) < 4.78 is 5.69. The number of halogens is 1. The van der Waals surface area contributed by atoms with E-state index in [2.05, 4.69) is 24.4 Å². The Hall–Kier alpha value is -1.98. The molecular formula is C22H27ClN2O2S. The molecule has 0 bridgehead atoms. The summed E-state index contributed by atoms with van der Waals surface area (Å²) in [6, 6.07) is 13.3. The quantitative estimate of drug-likeness (QED) is 0.220. The van der Waals surface area contributed by atoms with Gasteiger partial charge in [-0.25, -0.2) is 5.43 Å². The second-order valence-corrected chi connectivity index (χ2v) is 8.02. The van der Waals surface area contributed by atoms with Gasteiger partial charge in [-0.3, -0.25) is 4.79 Å². The average Bonchev–Trinajstić information content (AvgIpc) is 2.68. The predicted octanol–water partition coefficient (Wildman–Crippen LogP) is 5.71. The normalized spacial score (nSPS) is 11.0. The molecule has 0 radical (unpaired) electrons. The lowest BCUT2D eigenvalue weighted by Crippen LogP contribution is -2.20. The van der Waals surface area contributed by atoms with Crippen molar-refractivity contribution in [3.05, 3.63) is 58.6 Å². The van der Waals surface area contributed by atoms with Crippen LogP contribution in [0.4, 0.5) is 0 Å². The first-order valence-corrected chi connectivity index (χ1v) is 10.9. The zero-order valence-corrected chi connectivity index (χ0v) is 18.0. The first kappa shape index (κ1) is 22.3. The number of nitrogens with zero attached hydrogens (tertiary/aromatic N) is 1. The smallest absolute Gasteiger partial charge is 0.244 e. The van der Waals surface area contributed by atoms with Crippen molar-refractivity contribution in [1.82, 2.24) is 5.43 Å². The van der Waals surface area contributed by atoms with Crippen LogP contribution in [0, 0.1) is 0 Å². The zero-order chi connectivity index (χ0) is 20.2. The summed E-state index contributed by atoms with van der Waals surface area (Å²) in [4.78, 5) is 13.3. The van der Waals surface area contributed by atoms with E-state index in [1.54, 1.807) is 18.0 Å². The Morgan fingerprint density at radius 2 is 1.96 bits per heavy atom. The minimum absolute atomic E-state index is 0.174. The van der Waals surface area contributed by atoms with Gasteiger partial charge in [0.15, 0.2) is 0 Å². The highest BCUT2D eigenvalue weighted by atomic mass is 35.5. The molecule has 0 aliphatic rings. The minimum Gasteiger partial charge on any atom is -0.494 e. The molecule has 4 nitrogen and oxygen atoms in total. The molecule has 0 aromatic heterocycles. The molecule has 2 aromatic rings. The van der Waals surface area contributed by atoms with Gasteiger partial charge >= 0.3 is 0 Å². The van der Waals surface area contributed by atoms with Gasteiger partial charge in [-0.15, -0.1) is 11.8 Å². The first-order valence-electron chi connectivity index (χ1n) is 9.58. The Morgan fingerprint density at radius 1 is 1.18 bits per heavy atom. The maximum absolute atomic E-state index is 12.2. The van der Waals surface area contributed by atoms with Crippen molar-refractivity contribution in [3.8, 4) is 5.75 Å². The number of hydrazone groups is 1. The summed E-state index contributed by atoms with van der Waals surface area (Å²) in [5, 5.41) is 4.68. The van der Waals surface area contributed by atoms with Gasteiger partial charge in [0.1, 0.15) is 5.75 Å². The summed E-state index contributed by atoms with van der Waals surface area (Å²) in [6.45, 7) is 4.99. The number of hydrogen-bond donors (Lipinski definition) is 1. The van der Waals surface area contributed by atoms with E-state index in [9.17, 15) is 4.79 Å². The molecule has 28 heavy (non-hydrogen) atoms. The van der Waals surface area contributed by atoms with Gasteiger partial charge in [-0.2, -0.15) is 5.10 Å². The second kappa shape index (κ2) is 12.5. The Kier molecular flexibility index (Phi) is 9.94. The third-order valence-corrected chi connectivity index (χ3v) is 5.21. The number of benzene rings is 2. The molecule has 2 rings (SSSR count). The van der Waals surface area contributed by atoms with Crippen LogP contribution in [0.2, 0.25) is 5.02 Å². The molecule has 6 heteroatoms. The van der Waals surface area contributed by atoms with Crippen LogP contribution in [0.15, 0.2) is 52.5 Å². The Bertz CT molecular complexity index is 779. The summed E-state index contributed by atoms with van der Waals surface area (Å²) in [7, 11) is 0. The molecule has 0 saturated carbocycles. The Balaban J connectivity index is 1.84. The van der Waals surface area contributed by atoms with Crippen molar-refractivity contribution in [2.75, 3.05) is 12.4 Å². The topological polar surface area (TPSA) is 50.7 Å². The lowest BCUT2D eigenvalue weighted by Gasteiger charge is -2.08. The highest BCUT2D eigenvalue weighted by Gasteiger charge is 2.08. The van der Waals surface area contributed by atoms with Crippen LogP contribution in [-0.4, -0.2) is 24.5 Å². The third kappa shape index (κ3) is 7.95. The zero-order valence-electron chi connectivity index (χ0n) is 16.4. The number of carbonyl (C=O) groups excluding carboxylic acids is 1. The first-order chi connectivity index (χ1) is 13.6. The van der Waals surface area contributed by atoms with Crippen LogP contribution in [0.1, 0.15) is 44.2 Å². The van der Waals surface area contributed by atoms with Gasteiger partial charge in [0.2, 0.25) is 5.91 Å². The SMILES string of the molecule is CCCCCOc1ccc(/C=N\NC(=O)Cc2cc(Cl)ccc2SCC)cc1. The van der Waals surface area contributed by atoms with Crippen LogP contribution in [-0.2, 0) is 11.2 Å². The number of unbranched alkanes of at least 4 members (excludes halogenated alkanes) is 2. The van der Waals surface area contributed by atoms with E-state index in [0.29, 0.717) is 5.02 Å². The fraction of sp³-hybridized carbons (Fsp3) is 0.364. The number of nitrogens with one attached hydrogen (secondary N) is 1. The van der Waals surface area contributed by atoms with Crippen LogP contribution < -0.4 is 10.2 Å². The van der Waals surface area contributed by atoms with Crippen molar-refractivity contribution in [2.24, 2.45) is 5.10 Å². The van der Waals surface area contributed by atoms with Gasteiger partial charge < -0.3 is 4.74 Å². The molecular weight excluding hydrogens is 392 g/mol. The van der Waals surface area contributed by atoms with Crippen molar-refractivity contribution in [3.63, 3.8) is 0 Å². The molecule has 0 unspecified atom stereocenters. The fourth-order valence-corrected chi connectivity index (χ4v) is 3.55. The van der Waals surface area contributed by atoms with E-state index < -0.39 is 0 Å². The van der Waals surface area contributed by atoms with Gasteiger partial charge in [-0.05, 0) is 65.8 Å². The third-order valence-electron chi connectivity index (χ3n) is 3.97. The van der Waals surface area contributed by atoms with Gasteiger partial charge in [0.05, 0.1) is 19.2 Å².